The molecule has 0 aromatic carbocycles. The largest absolute Gasteiger partial charge is 0.480 e. The second-order valence-electron chi connectivity index (χ2n) is 3.54. The number of nitrogens with zero attached hydrogens (tertiary/aromatic N) is 1. The SMILES string of the molecule is O=C(O)[C@@H](c1ccco1)N1CCNCC1. The molecule has 0 radical (unpaired) electrons. The van der Waals surface area contributed by atoms with E-state index >= 15 is 0 Å². The molecule has 1 aliphatic heterocycles. The van der Waals surface area contributed by atoms with Crippen LogP contribution in [0, 0.1) is 0 Å². The lowest BCUT2D eigenvalue weighted by molar-refractivity contribution is -0.144. The zero-order valence-corrected chi connectivity index (χ0v) is 8.35. The molecule has 1 fully saturated rings. The van der Waals surface area contributed by atoms with Gasteiger partial charge in [-0.1, -0.05) is 0 Å². The zero-order valence-electron chi connectivity index (χ0n) is 8.35. The molecule has 2 N–H and O–H groups in total. The van der Waals surface area contributed by atoms with Gasteiger partial charge in [0, 0.05) is 26.2 Å². The van der Waals surface area contributed by atoms with Crippen LogP contribution in [-0.4, -0.2) is 42.2 Å². The molecule has 82 valence electrons. The van der Waals surface area contributed by atoms with Crippen molar-refractivity contribution < 1.29 is 14.3 Å². The van der Waals surface area contributed by atoms with E-state index in [2.05, 4.69) is 5.32 Å². The Morgan fingerprint density at radius 2 is 2.27 bits per heavy atom. The first kappa shape index (κ1) is 10.2. The second-order valence-corrected chi connectivity index (χ2v) is 3.54. The molecule has 2 rings (SSSR count). The Morgan fingerprint density at radius 3 is 2.80 bits per heavy atom. The van der Waals surface area contributed by atoms with Crippen LogP contribution in [0.2, 0.25) is 0 Å². The summed E-state index contributed by atoms with van der Waals surface area (Å²) < 4.78 is 5.17. The fourth-order valence-corrected chi connectivity index (χ4v) is 1.85. The molecule has 1 aliphatic rings. The minimum absolute atomic E-state index is 0.504. The predicted octanol–water partition coefficient (Wildman–Crippen LogP) is 0.311. The van der Waals surface area contributed by atoms with Gasteiger partial charge in [-0.15, -0.1) is 0 Å². The number of nitrogens with one attached hydrogen (secondary N) is 1. The van der Waals surface area contributed by atoms with Crippen molar-refractivity contribution in [2.45, 2.75) is 6.04 Å². The van der Waals surface area contributed by atoms with E-state index in [0.29, 0.717) is 5.76 Å². The normalized spacial score (nSPS) is 20.0. The fraction of sp³-hybridized carbons (Fsp3) is 0.500. The summed E-state index contributed by atoms with van der Waals surface area (Å²) in [6.45, 7) is 3.12. The number of piperazine rings is 1. The molecule has 5 nitrogen and oxygen atoms in total. The van der Waals surface area contributed by atoms with E-state index < -0.39 is 12.0 Å². The van der Waals surface area contributed by atoms with Crippen LogP contribution in [0.1, 0.15) is 11.8 Å². The van der Waals surface area contributed by atoms with Crippen LogP contribution in [0.15, 0.2) is 22.8 Å². The van der Waals surface area contributed by atoms with Gasteiger partial charge >= 0.3 is 5.97 Å². The van der Waals surface area contributed by atoms with Crippen molar-refractivity contribution in [3.05, 3.63) is 24.2 Å². The first-order valence-corrected chi connectivity index (χ1v) is 5.00. The minimum atomic E-state index is -0.855. The molecule has 0 saturated carbocycles. The lowest BCUT2D eigenvalue weighted by atomic mass is 10.1. The average Bonchev–Trinajstić information content (AvgIpc) is 2.72. The lowest BCUT2D eigenvalue weighted by Gasteiger charge is -2.31. The third-order valence-corrected chi connectivity index (χ3v) is 2.56. The molecule has 5 heteroatoms. The van der Waals surface area contributed by atoms with Gasteiger partial charge in [-0.2, -0.15) is 0 Å². The molecule has 0 aliphatic carbocycles. The van der Waals surface area contributed by atoms with E-state index in [9.17, 15) is 9.90 Å². The number of carbonyl (C=O) groups is 1. The van der Waals surface area contributed by atoms with Crippen molar-refractivity contribution >= 4 is 5.97 Å². The van der Waals surface area contributed by atoms with Gasteiger partial charge in [0.05, 0.1) is 6.26 Å². The van der Waals surface area contributed by atoms with Crippen molar-refractivity contribution in [1.82, 2.24) is 10.2 Å². The maximum atomic E-state index is 11.2. The monoisotopic (exact) mass is 210 g/mol. The summed E-state index contributed by atoms with van der Waals surface area (Å²) in [6.07, 6.45) is 1.51. The fourth-order valence-electron chi connectivity index (χ4n) is 1.85. The highest BCUT2D eigenvalue weighted by Crippen LogP contribution is 2.21. The summed E-state index contributed by atoms with van der Waals surface area (Å²) in [5.74, 6) is -0.351. The first-order chi connectivity index (χ1) is 7.29. The molecule has 2 heterocycles. The maximum absolute atomic E-state index is 11.2. The van der Waals surface area contributed by atoms with Gasteiger partial charge < -0.3 is 14.8 Å². The Morgan fingerprint density at radius 1 is 1.53 bits per heavy atom. The van der Waals surface area contributed by atoms with Gasteiger partial charge in [0.25, 0.3) is 0 Å². The number of carboxylic acid groups (broad SMARTS) is 1. The first-order valence-electron chi connectivity index (χ1n) is 5.00. The Labute approximate surface area is 87.7 Å². The van der Waals surface area contributed by atoms with Crippen LogP contribution in [0.5, 0.6) is 0 Å². The van der Waals surface area contributed by atoms with Crippen molar-refractivity contribution in [3.63, 3.8) is 0 Å². The Kier molecular flexibility index (Phi) is 3.03. The zero-order chi connectivity index (χ0) is 10.7. The second kappa shape index (κ2) is 4.46. The molecule has 0 spiro atoms. The van der Waals surface area contributed by atoms with Crippen LogP contribution in [0.25, 0.3) is 0 Å². The van der Waals surface area contributed by atoms with Gasteiger partial charge in [-0.25, -0.2) is 0 Å². The molecule has 1 aromatic rings. The summed E-state index contributed by atoms with van der Waals surface area (Å²) in [5.41, 5.74) is 0. The van der Waals surface area contributed by atoms with Crippen molar-refractivity contribution in [3.8, 4) is 0 Å². The van der Waals surface area contributed by atoms with Gasteiger partial charge in [0.2, 0.25) is 0 Å². The Balaban J connectivity index is 2.15. The standard InChI is InChI=1S/C10H14N2O3/c13-10(14)9(8-2-1-7-15-8)12-5-3-11-4-6-12/h1-2,7,9,11H,3-6H2,(H,13,14)/t9-/m1/s1. The third-order valence-electron chi connectivity index (χ3n) is 2.56. The van der Waals surface area contributed by atoms with Crippen molar-refractivity contribution in [2.24, 2.45) is 0 Å². The van der Waals surface area contributed by atoms with Gasteiger partial charge in [-0.3, -0.25) is 9.69 Å². The minimum Gasteiger partial charge on any atom is -0.480 e. The Hall–Kier alpha value is -1.33. The lowest BCUT2D eigenvalue weighted by Crippen LogP contribution is -2.47. The highest BCUT2D eigenvalue weighted by molar-refractivity contribution is 5.74. The number of aliphatic carboxylic acids is 1. The molecular formula is C10H14N2O3. The molecule has 1 atom stereocenters. The number of rotatable bonds is 3. The number of hydrogen-bond acceptors (Lipinski definition) is 4. The average molecular weight is 210 g/mol. The predicted molar refractivity (Wildman–Crippen MR) is 53.5 cm³/mol. The van der Waals surface area contributed by atoms with E-state index in [-0.39, 0.29) is 0 Å². The van der Waals surface area contributed by atoms with E-state index in [1.807, 2.05) is 4.90 Å². The van der Waals surface area contributed by atoms with E-state index in [0.717, 1.165) is 26.2 Å². The van der Waals surface area contributed by atoms with E-state index in [4.69, 9.17) is 4.42 Å². The summed E-state index contributed by atoms with van der Waals surface area (Å²) in [4.78, 5) is 13.1. The van der Waals surface area contributed by atoms with Crippen molar-refractivity contribution in [2.75, 3.05) is 26.2 Å². The third kappa shape index (κ3) is 2.19. The molecule has 0 unspecified atom stereocenters. The Bertz CT molecular complexity index is 317. The topological polar surface area (TPSA) is 65.7 Å². The number of furan rings is 1. The number of hydrogen-bond donors (Lipinski definition) is 2. The highest BCUT2D eigenvalue weighted by Gasteiger charge is 2.30. The van der Waals surface area contributed by atoms with Gasteiger partial charge in [0.1, 0.15) is 5.76 Å². The van der Waals surface area contributed by atoms with E-state index in [1.54, 1.807) is 12.1 Å². The summed E-state index contributed by atoms with van der Waals surface area (Å²) in [6, 6.07) is 2.77. The molecule has 0 amide bonds. The van der Waals surface area contributed by atoms with Crippen molar-refractivity contribution in [1.29, 1.82) is 0 Å². The van der Waals surface area contributed by atoms with Gasteiger partial charge in [-0.05, 0) is 12.1 Å². The summed E-state index contributed by atoms with van der Waals surface area (Å²) in [7, 11) is 0. The van der Waals surface area contributed by atoms with E-state index in [1.165, 1.54) is 6.26 Å². The number of carboxylic acids is 1. The molecule has 0 bridgehead atoms. The van der Waals surface area contributed by atoms with Crippen LogP contribution in [0.4, 0.5) is 0 Å². The van der Waals surface area contributed by atoms with Crippen LogP contribution in [-0.2, 0) is 4.79 Å². The smallest absolute Gasteiger partial charge is 0.328 e. The highest BCUT2D eigenvalue weighted by atomic mass is 16.4. The molecule has 1 aromatic heterocycles. The van der Waals surface area contributed by atoms with Gasteiger partial charge in [0.15, 0.2) is 6.04 Å². The molecule has 1 saturated heterocycles. The van der Waals surface area contributed by atoms with Crippen LogP contribution < -0.4 is 5.32 Å². The molecule has 15 heavy (non-hydrogen) atoms. The quantitative estimate of drug-likeness (QED) is 0.751. The maximum Gasteiger partial charge on any atom is 0.328 e. The van der Waals surface area contributed by atoms with Crippen LogP contribution >= 0.6 is 0 Å². The summed E-state index contributed by atoms with van der Waals surface area (Å²) in [5, 5.41) is 12.4. The summed E-state index contributed by atoms with van der Waals surface area (Å²) >= 11 is 0. The molecular weight excluding hydrogens is 196 g/mol. The van der Waals surface area contributed by atoms with Crippen LogP contribution in [0.3, 0.4) is 0 Å².